The van der Waals surface area contributed by atoms with E-state index in [2.05, 4.69) is 15.6 Å². The third-order valence-corrected chi connectivity index (χ3v) is 4.75. The minimum Gasteiger partial charge on any atom is -0.493 e. The van der Waals surface area contributed by atoms with E-state index in [0.29, 0.717) is 29.4 Å². The molecule has 7 nitrogen and oxygen atoms in total. The van der Waals surface area contributed by atoms with Gasteiger partial charge in [0.05, 0.1) is 11.1 Å². The summed E-state index contributed by atoms with van der Waals surface area (Å²) in [5, 5.41) is 16.5. The minimum atomic E-state index is -0.213. The molecule has 0 radical (unpaired) electrons. The molecule has 0 bridgehead atoms. The van der Waals surface area contributed by atoms with E-state index in [1.807, 2.05) is 18.2 Å². The van der Waals surface area contributed by atoms with Gasteiger partial charge in [0.15, 0.2) is 0 Å². The highest BCUT2D eigenvalue weighted by atomic mass is 16.3. The van der Waals surface area contributed by atoms with Crippen LogP contribution in [0.4, 0.5) is 0 Å². The van der Waals surface area contributed by atoms with Gasteiger partial charge >= 0.3 is 0 Å². The number of nitrogens with zero attached hydrogens (tertiary/aromatic N) is 1. The van der Waals surface area contributed by atoms with E-state index < -0.39 is 0 Å². The molecule has 5 N–H and O–H groups in total. The van der Waals surface area contributed by atoms with E-state index in [9.17, 15) is 14.7 Å². The van der Waals surface area contributed by atoms with Gasteiger partial charge in [0, 0.05) is 36.5 Å². The van der Waals surface area contributed by atoms with Crippen LogP contribution >= 0.6 is 0 Å². The van der Waals surface area contributed by atoms with E-state index in [1.165, 1.54) is 6.07 Å². The van der Waals surface area contributed by atoms with Crippen molar-refractivity contribution in [1.29, 1.82) is 0 Å². The summed E-state index contributed by atoms with van der Waals surface area (Å²) in [5.41, 5.74) is 6.40. The fourth-order valence-electron chi connectivity index (χ4n) is 3.43. The van der Waals surface area contributed by atoms with Gasteiger partial charge in [-0.2, -0.15) is 0 Å². The lowest BCUT2D eigenvalue weighted by molar-refractivity contribution is -0.121. The molecule has 1 aromatic carbocycles. The van der Waals surface area contributed by atoms with Crippen LogP contribution in [0.3, 0.4) is 0 Å². The number of carbonyl (C=O) groups is 2. The van der Waals surface area contributed by atoms with Gasteiger partial charge in [-0.15, -0.1) is 0 Å². The lowest BCUT2D eigenvalue weighted by atomic mass is 9.90. The number of fused-ring (bicyclic) bond motifs is 1. The Kier molecular flexibility index (Phi) is 5.68. The monoisotopic (exact) mass is 356 g/mol. The molecule has 1 saturated carbocycles. The first-order valence-electron chi connectivity index (χ1n) is 8.96. The molecular formula is C19H24N4O3. The lowest BCUT2D eigenvalue weighted by Gasteiger charge is -2.29. The molecule has 2 amide bonds. The molecule has 2 aromatic rings. The summed E-state index contributed by atoms with van der Waals surface area (Å²) in [4.78, 5) is 28.4. The van der Waals surface area contributed by atoms with E-state index in [1.54, 1.807) is 6.07 Å². The number of rotatable bonds is 5. The molecule has 0 atom stereocenters. The van der Waals surface area contributed by atoms with Crippen molar-refractivity contribution < 1.29 is 14.7 Å². The van der Waals surface area contributed by atoms with Crippen LogP contribution in [-0.4, -0.2) is 40.5 Å². The van der Waals surface area contributed by atoms with Crippen LogP contribution in [-0.2, 0) is 4.79 Å². The first kappa shape index (κ1) is 18.1. The third-order valence-electron chi connectivity index (χ3n) is 4.75. The number of hydrogen-bond donors (Lipinski definition) is 4. The molecule has 3 rings (SSSR count). The maximum Gasteiger partial charge on any atom is 0.252 e. The minimum absolute atomic E-state index is 0.0151. The molecule has 138 valence electrons. The predicted molar refractivity (Wildman–Crippen MR) is 98.7 cm³/mol. The number of aromatic hydroxyl groups is 1. The second-order valence-electron chi connectivity index (χ2n) is 6.67. The molecular weight excluding hydrogens is 332 g/mol. The number of benzene rings is 1. The van der Waals surface area contributed by atoms with Gasteiger partial charge in [-0.05, 0) is 31.7 Å². The van der Waals surface area contributed by atoms with Gasteiger partial charge in [-0.25, -0.2) is 4.98 Å². The highest BCUT2D eigenvalue weighted by molar-refractivity contribution is 6.06. The van der Waals surface area contributed by atoms with Gasteiger partial charge in [0.1, 0.15) is 0 Å². The van der Waals surface area contributed by atoms with Crippen molar-refractivity contribution >= 4 is 22.7 Å². The second-order valence-corrected chi connectivity index (χ2v) is 6.67. The average molecular weight is 356 g/mol. The van der Waals surface area contributed by atoms with Crippen LogP contribution in [0.25, 0.3) is 10.9 Å². The number of hydrogen-bond acceptors (Lipinski definition) is 5. The van der Waals surface area contributed by atoms with Crippen molar-refractivity contribution in [3.05, 3.63) is 35.9 Å². The second kappa shape index (κ2) is 8.14. The number of para-hydroxylation sites is 1. The summed E-state index contributed by atoms with van der Waals surface area (Å²) in [6.07, 6.45) is 3.59. The molecule has 1 heterocycles. The Morgan fingerprint density at radius 1 is 1.12 bits per heavy atom. The van der Waals surface area contributed by atoms with Gasteiger partial charge in [-0.3, -0.25) is 9.59 Å². The number of aromatic nitrogens is 1. The Balaban J connectivity index is 1.61. The average Bonchev–Trinajstić information content (AvgIpc) is 2.62. The van der Waals surface area contributed by atoms with Crippen LogP contribution in [0.1, 0.15) is 42.5 Å². The zero-order valence-corrected chi connectivity index (χ0v) is 14.6. The lowest BCUT2D eigenvalue weighted by Crippen LogP contribution is -2.44. The molecule has 26 heavy (non-hydrogen) atoms. The van der Waals surface area contributed by atoms with Crippen molar-refractivity contribution in [1.82, 2.24) is 15.6 Å². The third kappa shape index (κ3) is 4.29. The Hall–Kier alpha value is -2.67. The Labute approximate surface area is 152 Å². The van der Waals surface area contributed by atoms with Crippen molar-refractivity contribution in [2.24, 2.45) is 5.73 Å². The molecule has 7 heteroatoms. The first-order chi connectivity index (χ1) is 12.6. The van der Waals surface area contributed by atoms with Gasteiger partial charge in [0.25, 0.3) is 5.91 Å². The summed E-state index contributed by atoms with van der Waals surface area (Å²) < 4.78 is 0. The zero-order chi connectivity index (χ0) is 18.5. The fourth-order valence-corrected chi connectivity index (χ4v) is 3.43. The molecule has 0 saturated heterocycles. The van der Waals surface area contributed by atoms with Crippen molar-refractivity contribution in [2.45, 2.75) is 44.2 Å². The molecule has 0 spiro atoms. The van der Waals surface area contributed by atoms with Crippen molar-refractivity contribution in [3.8, 4) is 5.88 Å². The Morgan fingerprint density at radius 3 is 2.46 bits per heavy atom. The first-order valence-corrected chi connectivity index (χ1v) is 8.96. The number of nitrogens with one attached hydrogen (secondary N) is 2. The molecule has 0 unspecified atom stereocenters. The van der Waals surface area contributed by atoms with Crippen LogP contribution in [0.15, 0.2) is 30.3 Å². The van der Waals surface area contributed by atoms with Crippen molar-refractivity contribution in [3.63, 3.8) is 0 Å². The fraction of sp³-hybridized carbons (Fsp3) is 0.421. The number of nitrogens with two attached hydrogens (primary N) is 1. The van der Waals surface area contributed by atoms with Crippen LogP contribution < -0.4 is 16.4 Å². The summed E-state index contributed by atoms with van der Waals surface area (Å²) in [6.45, 7) is 0.351. The number of carbonyl (C=O) groups excluding carboxylic acids is 2. The molecule has 1 aliphatic rings. The highest BCUT2D eigenvalue weighted by Gasteiger charge is 2.24. The summed E-state index contributed by atoms with van der Waals surface area (Å²) in [7, 11) is 0. The largest absolute Gasteiger partial charge is 0.493 e. The molecule has 0 aliphatic heterocycles. The number of amides is 2. The SMILES string of the molecule is NCCC(=O)N[C@H]1CC[C@H](NC(=O)c2cc(O)nc3ccccc23)CC1. The van der Waals surface area contributed by atoms with Gasteiger partial charge in [-0.1, -0.05) is 18.2 Å². The highest BCUT2D eigenvalue weighted by Crippen LogP contribution is 2.23. The van der Waals surface area contributed by atoms with E-state index in [-0.39, 0.29) is 29.8 Å². The van der Waals surface area contributed by atoms with E-state index >= 15 is 0 Å². The van der Waals surface area contributed by atoms with Crippen LogP contribution in [0, 0.1) is 0 Å². The van der Waals surface area contributed by atoms with Crippen molar-refractivity contribution in [2.75, 3.05) is 6.54 Å². The molecule has 1 aliphatic carbocycles. The maximum absolute atomic E-state index is 12.7. The summed E-state index contributed by atoms with van der Waals surface area (Å²) in [5.74, 6) is -0.395. The standard InChI is InChI=1S/C19H24N4O3/c20-10-9-17(24)21-12-5-7-13(8-6-12)22-19(26)15-11-18(25)23-16-4-2-1-3-14(15)16/h1-4,11-13H,5-10,20H2,(H,21,24)(H,22,26)(H,23,25)/t12-,13-. The predicted octanol–water partition coefficient (Wildman–Crippen LogP) is 1.45. The van der Waals surface area contributed by atoms with E-state index in [0.717, 1.165) is 25.7 Å². The summed E-state index contributed by atoms with van der Waals surface area (Å²) in [6, 6.07) is 8.84. The Bertz CT molecular complexity index is 800. The van der Waals surface area contributed by atoms with Gasteiger partial charge < -0.3 is 21.5 Å². The quantitative estimate of drug-likeness (QED) is 0.647. The normalized spacial score (nSPS) is 19.9. The zero-order valence-electron chi connectivity index (χ0n) is 14.6. The number of pyridine rings is 1. The van der Waals surface area contributed by atoms with E-state index in [4.69, 9.17) is 5.73 Å². The summed E-state index contributed by atoms with van der Waals surface area (Å²) >= 11 is 0. The maximum atomic E-state index is 12.7. The topological polar surface area (TPSA) is 117 Å². The smallest absolute Gasteiger partial charge is 0.252 e. The van der Waals surface area contributed by atoms with Crippen LogP contribution in [0.2, 0.25) is 0 Å². The molecule has 1 fully saturated rings. The molecule has 1 aromatic heterocycles. The van der Waals surface area contributed by atoms with Gasteiger partial charge in [0.2, 0.25) is 11.8 Å². The van der Waals surface area contributed by atoms with Crippen LogP contribution in [0.5, 0.6) is 5.88 Å². The Morgan fingerprint density at radius 2 is 1.77 bits per heavy atom.